The van der Waals surface area contributed by atoms with Crippen LogP contribution in [0, 0.1) is 11.6 Å². The zero-order valence-corrected chi connectivity index (χ0v) is 60.6. The highest BCUT2D eigenvalue weighted by atomic mass is 19.1. The molecule has 0 atom stereocenters. The van der Waals surface area contributed by atoms with Crippen molar-refractivity contribution in [2.75, 3.05) is 9.80 Å². The summed E-state index contributed by atoms with van der Waals surface area (Å²) in [6.45, 7) is 17.5. The van der Waals surface area contributed by atoms with Gasteiger partial charge in [0.25, 0.3) is 0 Å². The highest BCUT2D eigenvalue weighted by Crippen LogP contribution is 2.44. The Hall–Kier alpha value is -9.20. The lowest BCUT2D eigenvalue weighted by Gasteiger charge is -2.28. The van der Waals surface area contributed by atoms with Gasteiger partial charge in [-0.15, -0.1) is 0 Å². The summed E-state index contributed by atoms with van der Waals surface area (Å²) in [4.78, 5) is 4.31. The fourth-order valence-electron chi connectivity index (χ4n) is 14.5. The van der Waals surface area contributed by atoms with Crippen LogP contribution in [0.1, 0.15) is 179 Å². The largest absolute Gasteiger partial charge is 0.321 e. The number of nitrogens with zero attached hydrogens (tertiary/aromatic N) is 2. The Balaban J connectivity index is 0.974. The average Bonchev–Trinajstić information content (AvgIpc) is 0.748. The van der Waals surface area contributed by atoms with Crippen LogP contribution in [0.15, 0.2) is 243 Å². The van der Waals surface area contributed by atoms with E-state index in [0.717, 1.165) is 216 Å². The van der Waals surface area contributed by atoms with E-state index < -0.39 is 0 Å². The van der Waals surface area contributed by atoms with E-state index in [1.165, 1.54) is 11.1 Å². The van der Waals surface area contributed by atoms with Crippen LogP contribution in [0.3, 0.4) is 0 Å². The second kappa shape index (κ2) is 33.8. The fourth-order valence-corrected chi connectivity index (χ4v) is 14.5. The van der Waals surface area contributed by atoms with E-state index in [4.69, 9.17) is 11.5 Å². The van der Waals surface area contributed by atoms with Gasteiger partial charge < -0.3 is 21.3 Å². The van der Waals surface area contributed by atoms with Crippen molar-refractivity contribution in [2.24, 2.45) is 11.5 Å². The number of benzene rings is 11. The zero-order valence-electron chi connectivity index (χ0n) is 60.6. The van der Waals surface area contributed by atoms with Crippen LogP contribution in [-0.4, -0.2) is 0 Å². The van der Waals surface area contributed by atoms with Crippen LogP contribution >= 0.6 is 0 Å². The number of hydrogen-bond acceptors (Lipinski definition) is 4. The van der Waals surface area contributed by atoms with Gasteiger partial charge in [-0.2, -0.15) is 0 Å². The molecule has 0 bridgehead atoms. The van der Waals surface area contributed by atoms with Gasteiger partial charge in [0.1, 0.15) is 11.6 Å². The smallest absolute Gasteiger partial charge is 0.133 e. The summed E-state index contributed by atoms with van der Waals surface area (Å²) in [6.07, 6.45) is 17.6. The molecule has 0 aliphatic carbocycles. The minimum atomic E-state index is -0.361. The number of rotatable bonds is 32. The van der Waals surface area contributed by atoms with Crippen LogP contribution in [0.2, 0.25) is 0 Å². The van der Waals surface area contributed by atoms with Crippen LogP contribution in [0.5, 0.6) is 0 Å². The van der Waals surface area contributed by atoms with Gasteiger partial charge in [0.15, 0.2) is 0 Å². The summed E-state index contributed by atoms with van der Waals surface area (Å²) in [6, 6.07) is 85.4. The van der Waals surface area contributed by atoms with E-state index in [-0.39, 0.29) is 22.7 Å². The zero-order chi connectivity index (χ0) is 70.2. The summed E-state index contributed by atoms with van der Waals surface area (Å²) in [5, 5.41) is 0. The molecule has 0 radical (unpaired) electrons. The Morgan fingerprint density at radius 3 is 0.770 bits per heavy atom. The van der Waals surface area contributed by atoms with E-state index >= 15 is 8.78 Å². The van der Waals surface area contributed by atoms with E-state index in [2.05, 4.69) is 284 Å². The number of hydrogen-bond donors (Lipinski definition) is 2. The Morgan fingerprint density at radius 2 is 0.520 bits per heavy atom. The first-order valence-electron chi connectivity index (χ1n) is 37.5. The van der Waals surface area contributed by atoms with Crippen LogP contribution in [-0.2, 0) is 36.8 Å². The first kappa shape index (κ1) is 72.1. The lowest BCUT2D eigenvalue weighted by molar-refractivity contribution is 0.413. The van der Waals surface area contributed by atoms with Crippen molar-refractivity contribution in [1.29, 1.82) is 0 Å². The standard InChI is InChI=1S/C94H104F2N4/c1-9-17-19-21-25-77-63-90(88-62-60-86(66-92(88)96)100(82-53-41-74(42-54-82)70-33-29-68(24-12-4)30-34-70)84-57-45-76(46-58-84)72-37-49-80(50-38-72)94(98,15-7)16-8)78(26-22-20-18-10-2)64-89(77)87-61-59-85(65-91(87)95)99(81-51-39-73(40-52-81)69-31-27-67(23-11-3)28-32-69)83-55-43-75(44-56-83)71-35-47-79(48-36-71)93(97,13-5)14-6/h27-66H,9-26,97-98H2,1-8H3. The number of halogens is 2. The summed E-state index contributed by atoms with van der Waals surface area (Å²) in [5.41, 5.74) is 36.7. The van der Waals surface area contributed by atoms with Crippen molar-refractivity contribution in [2.45, 2.75) is 182 Å². The maximum Gasteiger partial charge on any atom is 0.133 e. The summed E-state index contributed by atoms with van der Waals surface area (Å²) in [5.74, 6) is -0.614. The van der Waals surface area contributed by atoms with Gasteiger partial charge in [-0.3, -0.25) is 0 Å². The molecule has 100 heavy (non-hydrogen) atoms. The van der Waals surface area contributed by atoms with Gasteiger partial charge >= 0.3 is 0 Å². The molecule has 0 aromatic heterocycles. The molecular formula is C94H104F2N4. The third kappa shape index (κ3) is 16.6. The van der Waals surface area contributed by atoms with Gasteiger partial charge in [0.05, 0.1) is 0 Å². The molecule has 0 saturated carbocycles. The van der Waals surface area contributed by atoms with Crippen molar-refractivity contribution < 1.29 is 8.78 Å². The highest BCUT2D eigenvalue weighted by Gasteiger charge is 2.26. The summed E-state index contributed by atoms with van der Waals surface area (Å²) in [7, 11) is 0. The molecule has 0 unspecified atom stereocenters. The lowest BCUT2D eigenvalue weighted by Crippen LogP contribution is -2.34. The average molecular weight is 1330 g/mol. The molecule has 11 rings (SSSR count). The number of nitrogens with two attached hydrogens (primary N) is 2. The van der Waals surface area contributed by atoms with Crippen LogP contribution in [0.4, 0.5) is 42.9 Å². The highest BCUT2D eigenvalue weighted by molar-refractivity contribution is 5.85. The van der Waals surface area contributed by atoms with Gasteiger partial charge in [-0.25, -0.2) is 8.78 Å². The first-order chi connectivity index (χ1) is 48.7. The molecule has 11 aromatic rings. The molecule has 0 heterocycles. The van der Waals surface area contributed by atoms with Crippen molar-refractivity contribution in [3.05, 3.63) is 288 Å². The Kier molecular flexibility index (Phi) is 24.3. The molecule has 0 spiro atoms. The summed E-state index contributed by atoms with van der Waals surface area (Å²) >= 11 is 0. The molecule has 0 fully saturated rings. The quantitative estimate of drug-likeness (QED) is 0.0413. The minimum Gasteiger partial charge on any atom is -0.321 e. The van der Waals surface area contributed by atoms with Gasteiger partial charge in [0, 0.05) is 56.3 Å². The van der Waals surface area contributed by atoms with E-state index in [1.54, 1.807) is 12.1 Å². The SMILES string of the molecule is CCCCCCc1cc(-c2ccc(N(c3ccc(-c4ccc(CCC)cc4)cc3)c3ccc(-c4ccc(C(N)(CC)CC)cc4)cc3)cc2F)c(CCCCCC)cc1-c1ccc(N(c2ccc(-c3ccc(CCC)cc3)cc2)c2ccc(-c3ccc(C(N)(CC)CC)cc3)cc2)cc1F. The normalized spacial score (nSPS) is 11.7. The number of unbranched alkanes of at least 4 members (excludes halogenated alkanes) is 6. The Bertz CT molecular complexity index is 4110. The maximum absolute atomic E-state index is 18.0. The van der Waals surface area contributed by atoms with Crippen molar-refractivity contribution in [3.8, 4) is 66.8 Å². The van der Waals surface area contributed by atoms with Gasteiger partial charge in [-0.1, -0.05) is 264 Å². The van der Waals surface area contributed by atoms with Crippen molar-refractivity contribution >= 4 is 34.1 Å². The predicted octanol–water partition coefficient (Wildman–Crippen LogP) is 27.0. The predicted molar refractivity (Wildman–Crippen MR) is 425 cm³/mol. The summed E-state index contributed by atoms with van der Waals surface area (Å²) < 4.78 is 36.0. The molecule has 514 valence electrons. The van der Waals surface area contributed by atoms with Crippen molar-refractivity contribution in [1.82, 2.24) is 0 Å². The second-order valence-electron chi connectivity index (χ2n) is 27.7. The Morgan fingerprint density at radius 1 is 0.260 bits per heavy atom. The van der Waals surface area contributed by atoms with Gasteiger partial charge in [-0.05, 0) is 238 Å². The molecule has 4 N–H and O–H groups in total. The lowest BCUT2D eigenvalue weighted by atomic mass is 9.85. The second-order valence-corrected chi connectivity index (χ2v) is 27.7. The molecule has 0 amide bonds. The third-order valence-corrected chi connectivity index (χ3v) is 21.2. The maximum atomic E-state index is 18.0. The van der Waals surface area contributed by atoms with E-state index in [9.17, 15) is 0 Å². The number of aryl methyl sites for hydroxylation is 4. The van der Waals surface area contributed by atoms with E-state index in [0.29, 0.717) is 22.5 Å². The molecule has 4 nitrogen and oxygen atoms in total. The minimum absolute atomic E-state index is 0.307. The third-order valence-electron chi connectivity index (χ3n) is 21.2. The van der Waals surface area contributed by atoms with Crippen LogP contribution < -0.4 is 21.3 Å². The van der Waals surface area contributed by atoms with Gasteiger partial charge in [0.2, 0.25) is 0 Å². The molecule has 0 saturated heterocycles. The molecule has 6 heteroatoms. The molecule has 0 aliphatic rings. The topological polar surface area (TPSA) is 58.5 Å². The fraction of sp³-hybridized carbons (Fsp3) is 0.298. The molecular weight excluding hydrogens is 1220 g/mol. The van der Waals surface area contributed by atoms with Crippen molar-refractivity contribution in [3.63, 3.8) is 0 Å². The monoisotopic (exact) mass is 1330 g/mol. The van der Waals surface area contributed by atoms with Crippen LogP contribution in [0.25, 0.3) is 66.8 Å². The number of anilines is 6. The first-order valence-corrected chi connectivity index (χ1v) is 37.5. The molecule has 11 aromatic carbocycles. The Labute approximate surface area is 597 Å². The molecule has 0 aliphatic heterocycles. The van der Waals surface area contributed by atoms with E-state index in [1.807, 2.05) is 12.1 Å².